The summed E-state index contributed by atoms with van der Waals surface area (Å²) in [5, 5.41) is 11.5. The second-order valence-corrected chi connectivity index (χ2v) is 8.77. The lowest BCUT2D eigenvalue weighted by Crippen LogP contribution is -2.32. The molecule has 3 rings (SSSR count). The van der Waals surface area contributed by atoms with Gasteiger partial charge in [-0.3, -0.25) is 9.59 Å². The molecule has 1 atom stereocenters. The Balaban J connectivity index is 2.18. The van der Waals surface area contributed by atoms with Gasteiger partial charge in [0.05, 0.1) is 25.3 Å². The number of aryl methyl sites for hydroxylation is 1. The quantitative estimate of drug-likeness (QED) is 0.244. The monoisotopic (exact) mass is 483 g/mol. The first-order chi connectivity index (χ1) is 16.6. The molecular weight excluding hydrogens is 450 g/mol. The molecule has 0 spiro atoms. The molecule has 1 aliphatic heterocycles. The van der Waals surface area contributed by atoms with Gasteiger partial charge in [-0.2, -0.15) is 0 Å². The van der Waals surface area contributed by atoms with Gasteiger partial charge in [-0.25, -0.2) is 4.79 Å². The molecule has 9 nitrogen and oxygen atoms in total. The molecule has 2 heterocycles. The number of carbonyl (C=O) groups excluding carboxylic acids is 3. The van der Waals surface area contributed by atoms with E-state index < -0.39 is 23.7 Å². The van der Waals surface area contributed by atoms with Crippen LogP contribution in [0.25, 0.3) is 5.76 Å². The van der Waals surface area contributed by atoms with Crippen molar-refractivity contribution in [3.63, 3.8) is 0 Å². The summed E-state index contributed by atoms with van der Waals surface area (Å²) in [6.07, 6.45) is 0.649. The molecule has 1 amide bonds. The van der Waals surface area contributed by atoms with Crippen molar-refractivity contribution in [1.29, 1.82) is 0 Å². The number of rotatable bonds is 9. The lowest BCUT2D eigenvalue weighted by molar-refractivity contribution is -0.139. The fourth-order valence-corrected chi connectivity index (χ4v) is 4.47. The van der Waals surface area contributed by atoms with Crippen molar-refractivity contribution in [3.8, 4) is 5.75 Å². The van der Waals surface area contributed by atoms with E-state index in [0.717, 1.165) is 6.54 Å². The number of aliphatic hydroxyl groups is 1. The zero-order valence-electron chi connectivity index (χ0n) is 21.1. The predicted molar refractivity (Wildman–Crippen MR) is 131 cm³/mol. The third kappa shape index (κ3) is 5.09. The summed E-state index contributed by atoms with van der Waals surface area (Å²) in [5.74, 6) is -1.75. The zero-order valence-corrected chi connectivity index (χ0v) is 21.1. The first-order valence-electron chi connectivity index (χ1n) is 11.6. The van der Waals surface area contributed by atoms with Crippen LogP contribution in [-0.4, -0.2) is 78.5 Å². The molecule has 0 unspecified atom stereocenters. The number of esters is 1. The molecule has 1 saturated heterocycles. The van der Waals surface area contributed by atoms with Crippen LogP contribution in [0.1, 0.15) is 52.3 Å². The van der Waals surface area contributed by atoms with E-state index >= 15 is 0 Å². The number of aliphatic hydroxyl groups excluding tert-OH is 1. The van der Waals surface area contributed by atoms with Gasteiger partial charge >= 0.3 is 5.97 Å². The number of amides is 1. The van der Waals surface area contributed by atoms with Gasteiger partial charge in [0.1, 0.15) is 17.2 Å². The number of ketones is 1. The van der Waals surface area contributed by atoms with Gasteiger partial charge in [-0.1, -0.05) is 12.1 Å². The number of hydrogen-bond acceptors (Lipinski definition) is 7. The van der Waals surface area contributed by atoms with E-state index in [4.69, 9.17) is 9.47 Å². The normalized spacial score (nSPS) is 17.3. The number of aromatic nitrogens is 1. The fraction of sp³-hybridized carbons (Fsp3) is 0.423. The average molecular weight is 484 g/mol. The van der Waals surface area contributed by atoms with Gasteiger partial charge in [0.25, 0.3) is 11.7 Å². The molecule has 0 saturated carbocycles. The topological polar surface area (TPSA) is 112 Å². The maximum atomic E-state index is 13.3. The van der Waals surface area contributed by atoms with Crippen LogP contribution in [0.15, 0.2) is 29.8 Å². The molecule has 1 aliphatic rings. The summed E-state index contributed by atoms with van der Waals surface area (Å²) in [4.78, 5) is 45.2. The molecule has 2 N–H and O–H groups in total. The summed E-state index contributed by atoms with van der Waals surface area (Å²) in [6, 6.07) is 6.30. The molecule has 188 valence electrons. The molecule has 0 radical (unpaired) electrons. The molecule has 0 bridgehead atoms. The van der Waals surface area contributed by atoms with E-state index in [1.807, 2.05) is 19.0 Å². The standard InChI is InChI=1S/C26H33N3O6/c1-7-35-26(33)21-15(2)19(16(3)27-21)23(30)20-22(17-10-8-11-18(14-17)34-6)29(25(32)24(20)31)13-9-12-28(4)5/h8,10-11,14,22,27,30H,7,9,12-13H2,1-6H3/b23-20+/t22-/m1/s1. The van der Waals surface area contributed by atoms with Crippen LogP contribution in [0.5, 0.6) is 5.75 Å². The first-order valence-corrected chi connectivity index (χ1v) is 11.6. The second-order valence-electron chi connectivity index (χ2n) is 8.77. The Morgan fingerprint density at radius 2 is 1.94 bits per heavy atom. The second kappa shape index (κ2) is 10.8. The minimum atomic E-state index is -0.799. The van der Waals surface area contributed by atoms with E-state index in [1.165, 1.54) is 12.0 Å². The third-order valence-electron chi connectivity index (χ3n) is 6.11. The number of likely N-dealkylation sites (tertiary alicyclic amines) is 1. The Morgan fingerprint density at radius 1 is 1.23 bits per heavy atom. The molecule has 1 fully saturated rings. The number of benzene rings is 1. The van der Waals surface area contributed by atoms with E-state index in [9.17, 15) is 19.5 Å². The highest BCUT2D eigenvalue weighted by Crippen LogP contribution is 2.41. The number of carbonyl (C=O) groups is 3. The van der Waals surface area contributed by atoms with E-state index in [1.54, 1.807) is 45.0 Å². The number of H-pyrrole nitrogens is 1. The Morgan fingerprint density at radius 3 is 2.57 bits per heavy atom. The number of Topliss-reactive ketones (excluding diaryl/α,β-unsaturated/α-hetero) is 1. The molecule has 35 heavy (non-hydrogen) atoms. The predicted octanol–water partition coefficient (Wildman–Crippen LogP) is 3.19. The minimum absolute atomic E-state index is 0.0197. The van der Waals surface area contributed by atoms with E-state index in [2.05, 4.69) is 4.98 Å². The summed E-state index contributed by atoms with van der Waals surface area (Å²) in [5.41, 5.74) is 2.07. The summed E-state index contributed by atoms with van der Waals surface area (Å²) in [7, 11) is 5.41. The van der Waals surface area contributed by atoms with Crippen molar-refractivity contribution in [3.05, 3.63) is 57.9 Å². The van der Waals surface area contributed by atoms with Gasteiger partial charge in [0.15, 0.2) is 0 Å². The van der Waals surface area contributed by atoms with Gasteiger partial charge < -0.3 is 29.4 Å². The van der Waals surface area contributed by atoms with Crippen LogP contribution in [0.2, 0.25) is 0 Å². The highest BCUT2D eigenvalue weighted by molar-refractivity contribution is 6.46. The SMILES string of the molecule is CCOC(=O)c1[nH]c(C)c(/C(O)=C2\C(=O)C(=O)N(CCCN(C)C)[C@@H]2c2cccc(OC)c2)c1C. The molecule has 1 aromatic heterocycles. The number of ether oxygens (including phenoxy) is 2. The Labute approximate surface area is 205 Å². The van der Waals surface area contributed by atoms with Crippen molar-refractivity contribution < 1.29 is 29.0 Å². The van der Waals surface area contributed by atoms with Gasteiger partial charge in [-0.15, -0.1) is 0 Å². The number of hydrogen-bond donors (Lipinski definition) is 2. The number of nitrogens with one attached hydrogen (secondary N) is 1. The average Bonchev–Trinajstić information content (AvgIpc) is 3.26. The van der Waals surface area contributed by atoms with Crippen molar-refractivity contribution in [1.82, 2.24) is 14.8 Å². The largest absolute Gasteiger partial charge is 0.507 e. The number of aromatic amines is 1. The summed E-state index contributed by atoms with van der Waals surface area (Å²) >= 11 is 0. The highest BCUT2D eigenvalue weighted by atomic mass is 16.5. The van der Waals surface area contributed by atoms with Gasteiger partial charge in [-0.05, 0) is 71.1 Å². The van der Waals surface area contributed by atoms with E-state index in [0.29, 0.717) is 41.1 Å². The Bertz CT molecular complexity index is 1160. The summed E-state index contributed by atoms with van der Waals surface area (Å²) < 4.78 is 10.5. The van der Waals surface area contributed by atoms with Crippen LogP contribution in [0, 0.1) is 13.8 Å². The van der Waals surface area contributed by atoms with Crippen LogP contribution >= 0.6 is 0 Å². The van der Waals surface area contributed by atoms with Crippen molar-refractivity contribution in [2.75, 3.05) is 40.9 Å². The van der Waals surface area contributed by atoms with Crippen molar-refractivity contribution in [2.24, 2.45) is 0 Å². The van der Waals surface area contributed by atoms with Crippen molar-refractivity contribution >= 4 is 23.4 Å². The minimum Gasteiger partial charge on any atom is -0.507 e. The maximum absolute atomic E-state index is 13.3. The van der Waals surface area contributed by atoms with Gasteiger partial charge in [0.2, 0.25) is 0 Å². The molecule has 9 heteroatoms. The number of methoxy groups -OCH3 is 1. The molecule has 2 aromatic rings. The third-order valence-corrected chi connectivity index (χ3v) is 6.11. The van der Waals surface area contributed by atoms with Crippen LogP contribution in [0.4, 0.5) is 0 Å². The van der Waals surface area contributed by atoms with Crippen molar-refractivity contribution in [2.45, 2.75) is 33.2 Å². The van der Waals surface area contributed by atoms with Crippen LogP contribution < -0.4 is 4.74 Å². The highest BCUT2D eigenvalue weighted by Gasteiger charge is 2.46. The molecular formula is C26H33N3O6. The molecule has 1 aromatic carbocycles. The molecule has 0 aliphatic carbocycles. The zero-order chi connectivity index (χ0) is 25.9. The van der Waals surface area contributed by atoms with Crippen LogP contribution in [-0.2, 0) is 14.3 Å². The lowest BCUT2D eigenvalue weighted by Gasteiger charge is -2.26. The first kappa shape index (κ1) is 26.0. The van der Waals surface area contributed by atoms with Gasteiger partial charge in [0, 0.05) is 17.8 Å². The fourth-order valence-electron chi connectivity index (χ4n) is 4.47. The van der Waals surface area contributed by atoms with E-state index in [-0.39, 0.29) is 23.6 Å². The number of nitrogens with zero attached hydrogens (tertiary/aromatic N) is 2. The smallest absolute Gasteiger partial charge is 0.355 e. The Hall–Kier alpha value is -3.59. The summed E-state index contributed by atoms with van der Waals surface area (Å²) in [6.45, 7) is 6.33. The van der Waals surface area contributed by atoms with Crippen LogP contribution in [0.3, 0.4) is 0 Å². The lowest BCUT2D eigenvalue weighted by atomic mass is 9.94. The maximum Gasteiger partial charge on any atom is 0.355 e. The Kier molecular flexibility index (Phi) is 8.01.